The minimum absolute atomic E-state index is 0.0561. The van der Waals surface area contributed by atoms with Gasteiger partial charge in [0.1, 0.15) is 12.7 Å². The lowest BCUT2D eigenvalue weighted by molar-refractivity contribution is -0.129. The maximum absolute atomic E-state index is 13.9. The number of carbonyl (C=O) groups is 2. The molecule has 1 N–H and O–H groups in total. The summed E-state index contributed by atoms with van der Waals surface area (Å²) in [5, 5.41) is 11.7. The monoisotopic (exact) mass is 447 g/mol. The molecule has 0 aromatic carbocycles. The van der Waals surface area contributed by atoms with Crippen molar-refractivity contribution in [1.82, 2.24) is 20.1 Å². The van der Waals surface area contributed by atoms with E-state index in [9.17, 15) is 18.4 Å². The molecule has 2 aliphatic heterocycles. The number of hydrogen-bond donors (Lipinski definition) is 1. The van der Waals surface area contributed by atoms with Gasteiger partial charge < -0.3 is 15.1 Å². The van der Waals surface area contributed by atoms with Crippen molar-refractivity contribution in [2.75, 3.05) is 37.9 Å². The Morgan fingerprint density at radius 3 is 2.90 bits per heavy atom. The number of likely N-dealkylation sites (tertiary alicyclic amines) is 1. The van der Waals surface area contributed by atoms with Crippen molar-refractivity contribution >= 4 is 35.7 Å². The normalized spacial score (nSPS) is 20.1. The van der Waals surface area contributed by atoms with E-state index in [4.69, 9.17) is 5.26 Å². The van der Waals surface area contributed by atoms with Crippen molar-refractivity contribution in [3.8, 4) is 6.07 Å². The first-order valence-corrected chi connectivity index (χ1v) is 10.8. The van der Waals surface area contributed by atoms with E-state index in [0.717, 1.165) is 0 Å². The summed E-state index contributed by atoms with van der Waals surface area (Å²) in [5.41, 5.74) is 0.0386. The summed E-state index contributed by atoms with van der Waals surface area (Å²) in [5.74, 6) is 0.157. The molecule has 2 saturated heterocycles. The minimum atomic E-state index is -1.83. The largest absolute Gasteiger partial charge is 0.368 e. The first-order valence-electron chi connectivity index (χ1n) is 9.66. The molecule has 0 bridgehead atoms. The Labute approximate surface area is 183 Å². The molecule has 164 valence electrons. The Balaban J connectivity index is 1.75. The second-order valence-corrected chi connectivity index (χ2v) is 8.48. The zero-order chi connectivity index (χ0) is 22.6. The molecule has 10 heteroatoms. The average Bonchev–Trinajstić information content (AvgIpc) is 3.24. The molecule has 1 aromatic rings. The van der Waals surface area contributed by atoms with Crippen LogP contribution in [0.5, 0.6) is 0 Å². The topological polar surface area (TPSA) is 89.3 Å². The molecular weight excluding hydrogens is 424 g/mol. The van der Waals surface area contributed by atoms with Crippen LogP contribution in [0.3, 0.4) is 0 Å². The Hall–Kier alpha value is -2.93. The highest BCUT2D eigenvalue weighted by Crippen LogP contribution is 2.30. The fraction of sp³-hybridized carbons (Fsp3) is 0.429. The number of thioether (sulfide) groups is 1. The summed E-state index contributed by atoms with van der Waals surface area (Å²) < 4.78 is 26.6. The number of amides is 2. The number of hydrogen-bond acceptors (Lipinski definition) is 6. The van der Waals surface area contributed by atoms with Crippen LogP contribution in [0.25, 0.3) is 12.2 Å². The van der Waals surface area contributed by atoms with Gasteiger partial charge in [-0.25, -0.2) is 8.78 Å². The van der Waals surface area contributed by atoms with Gasteiger partial charge in [0.15, 0.2) is 5.67 Å². The van der Waals surface area contributed by atoms with E-state index >= 15 is 0 Å². The van der Waals surface area contributed by atoms with Crippen molar-refractivity contribution in [2.45, 2.75) is 18.6 Å². The highest BCUT2D eigenvalue weighted by molar-refractivity contribution is 7.99. The number of nitriles is 1. The van der Waals surface area contributed by atoms with E-state index in [2.05, 4.69) is 22.9 Å². The fourth-order valence-electron chi connectivity index (χ4n) is 3.42. The van der Waals surface area contributed by atoms with Gasteiger partial charge in [-0.3, -0.25) is 14.6 Å². The zero-order valence-electron chi connectivity index (χ0n) is 17.1. The zero-order valence-corrected chi connectivity index (χ0v) is 17.9. The molecule has 0 aliphatic carbocycles. The number of nitrogens with zero attached hydrogens (tertiary/aromatic N) is 4. The first kappa shape index (κ1) is 22.7. The molecule has 3 rings (SSSR count). The molecule has 0 saturated carbocycles. The van der Waals surface area contributed by atoms with Crippen molar-refractivity contribution in [1.29, 1.82) is 5.26 Å². The van der Waals surface area contributed by atoms with Crippen LogP contribution < -0.4 is 5.32 Å². The summed E-state index contributed by atoms with van der Waals surface area (Å²) in [4.78, 5) is 32.5. The van der Waals surface area contributed by atoms with E-state index in [1.165, 1.54) is 35.0 Å². The number of nitrogens with one attached hydrogen (secondary N) is 1. The maximum Gasteiger partial charge on any atom is 0.252 e. The average molecular weight is 448 g/mol. The molecule has 2 aliphatic rings. The summed E-state index contributed by atoms with van der Waals surface area (Å²) >= 11 is 1.49. The van der Waals surface area contributed by atoms with Gasteiger partial charge in [-0.15, -0.1) is 11.8 Å². The molecule has 1 atom stereocenters. The van der Waals surface area contributed by atoms with E-state index in [1.807, 2.05) is 0 Å². The van der Waals surface area contributed by atoms with Gasteiger partial charge in [-0.1, -0.05) is 6.58 Å². The Morgan fingerprint density at radius 2 is 2.26 bits per heavy atom. The maximum atomic E-state index is 13.9. The van der Waals surface area contributed by atoms with E-state index in [1.54, 1.807) is 17.9 Å². The van der Waals surface area contributed by atoms with Crippen LogP contribution >= 0.6 is 11.8 Å². The standard InChI is InChI=1S/C21H23F2N5O2S/c1-3-18-17(6-14(2)27-11-21(23,10-22)12-27)16(4-5-25-18)20(30)26-8-19(29)28-13-31-9-15(28)7-24/h3-6,15H,1,8-13H2,2H3,(H,26,30)/b14-6+/t15-/m1/s1. The first-order chi connectivity index (χ1) is 14.8. The van der Waals surface area contributed by atoms with E-state index in [0.29, 0.717) is 28.6 Å². The van der Waals surface area contributed by atoms with Gasteiger partial charge in [0.25, 0.3) is 5.91 Å². The van der Waals surface area contributed by atoms with Crippen LogP contribution in [0.15, 0.2) is 24.5 Å². The lowest BCUT2D eigenvalue weighted by atomic mass is 9.96. The van der Waals surface area contributed by atoms with Gasteiger partial charge in [0, 0.05) is 23.2 Å². The molecule has 2 amide bonds. The quantitative estimate of drug-likeness (QED) is 0.690. The van der Waals surface area contributed by atoms with E-state index in [-0.39, 0.29) is 31.1 Å². The molecule has 7 nitrogen and oxygen atoms in total. The smallest absolute Gasteiger partial charge is 0.252 e. The van der Waals surface area contributed by atoms with Crippen LogP contribution in [0.2, 0.25) is 0 Å². The van der Waals surface area contributed by atoms with Gasteiger partial charge in [0.05, 0.1) is 42.8 Å². The molecule has 2 fully saturated rings. The summed E-state index contributed by atoms with van der Waals surface area (Å²) in [6, 6.07) is 3.11. The third kappa shape index (κ3) is 4.88. The third-order valence-corrected chi connectivity index (χ3v) is 6.26. The number of pyridine rings is 1. The van der Waals surface area contributed by atoms with Gasteiger partial charge >= 0.3 is 0 Å². The number of rotatable bonds is 7. The SMILES string of the molecule is C=Cc1nccc(C(=O)NCC(=O)N2CSC[C@H]2C#N)c1/C=C(\C)N1CC(F)(CF)C1. The van der Waals surface area contributed by atoms with Crippen molar-refractivity contribution in [2.24, 2.45) is 0 Å². The van der Waals surface area contributed by atoms with Crippen molar-refractivity contribution in [3.63, 3.8) is 0 Å². The van der Waals surface area contributed by atoms with Crippen LogP contribution in [-0.2, 0) is 4.79 Å². The number of carbonyl (C=O) groups excluding carboxylic acids is 2. The summed E-state index contributed by atoms with van der Waals surface area (Å²) in [7, 11) is 0. The molecular formula is C21H23F2N5O2S. The minimum Gasteiger partial charge on any atom is -0.368 e. The lowest BCUT2D eigenvalue weighted by Crippen LogP contribution is -2.59. The second kappa shape index (κ2) is 9.47. The van der Waals surface area contributed by atoms with Gasteiger partial charge in [-0.05, 0) is 25.1 Å². The highest BCUT2D eigenvalue weighted by atomic mass is 32.2. The molecule has 0 spiro atoms. The second-order valence-electron chi connectivity index (χ2n) is 7.48. The number of allylic oxidation sites excluding steroid dienone is 1. The van der Waals surface area contributed by atoms with Crippen molar-refractivity contribution < 1.29 is 18.4 Å². The van der Waals surface area contributed by atoms with Gasteiger partial charge in [-0.2, -0.15) is 5.26 Å². The predicted molar refractivity (Wildman–Crippen MR) is 115 cm³/mol. The molecule has 3 heterocycles. The summed E-state index contributed by atoms with van der Waals surface area (Å²) in [6.45, 7) is 4.08. The number of halogens is 2. The number of aromatic nitrogens is 1. The molecule has 0 unspecified atom stereocenters. The van der Waals surface area contributed by atoms with Crippen LogP contribution in [0.1, 0.15) is 28.5 Å². The highest BCUT2D eigenvalue weighted by Gasteiger charge is 2.43. The Morgan fingerprint density at radius 1 is 1.52 bits per heavy atom. The van der Waals surface area contributed by atoms with Crippen LogP contribution in [0, 0.1) is 11.3 Å². The van der Waals surface area contributed by atoms with Gasteiger partial charge in [0.2, 0.25) is 5.91 Å². The fourth-order valence-corrected chi connectivity index (χ4v) is 4.53. The molecule has 1 aromatic heterocycles. The Kier molecular flexibility index (Phi) is 6.95. The van der Waals surface area contributed by atoms with Crippen LogP contribution in [0.4, 0.5) is 8.78 Å². The predicted octanol–water partition coefficient (Wildman–Crippen LogP) is 2.23. The molecule has 0 radical (unpaired) electrons. The molecule has 31 heavy (non-hydrogen) atoms. The lowest BCUT2D eigenvalue weighted by Gasteiger charge is -2.44. The van der Waals surface area contributed by atoms with Crippen molar-refractivity contribution in [3.05, 3.63) is 41.4 Å². The Bertz CT molecular complexity index is 956. The van der Waals surface area contributed by atoms with E-state index < -0.39 is 24.3 Å². The third-order valence-electron chi connectivity index (χ3n) is 5.25. The number of alkyl halides is 2. The van der Waals surface area contributed by atoms with Crippen LogP contribution in [-0.4, -0.2) is 76.2 Å². The summed E-state index contributed by atoms with van der Waals surface area (Å²) in [6.07, 6.45) is 4.64.